The van der Waals surface area contributed by atoms with Crippen molar-refractivity contribution in [3.63, 3.8) is 0 Å². The first kappa shape index (κ1) is 11.6. The predicted molar refractivity (Wildman–Crippen MR) is 55.5 cm³/mol. The Bertz CT molecular complexity index is 339. The van der Waals surface area contributed by atoms with E-state index in [-0.39, 0.29) is 24.8 Å². The maximum atomic E-state index is 11.5. The molecule has 5 heteroatoms. The maximum absolute atomic E-state index is 11.5. The number of hydrogen-bond donors (Lipinski definition) is 2. The number of carbonyl (C=O) groups is 1. The molecule has 0 aliphatic carbocycles. The molecule has 0 aliphatic heterocycles. The smallest absolute Gasteiger partial charge is 0.271 e. The molecule has 82 valence electrons. The number of carbonyl (C=O) groups excluding carboxylic acids is 1. The van der Waals surface area contributed by atoms with E-state index in [9.17, 15) is 4.79 Å². The number of aromatic nitrogens is 2. The minimum atomic E-state index is -0.306. The fourth-order valence-electron chi connectivity index (χ4n) is 1.07. The van der Waals surface area contributed by atoms with Gasteiger partial charge in [0, 0.05) is 6.54 Å². The molecule has 0 radical (unpaired) electrons. The van der Waals surface area contributed by atoms with Crippen LogP contribution >= 0.6 is 0 Å². The molecular weight excluding hydrogens is 194 g/mol. The molecule has 0 spiro atoms. The molecule has 1 aromatic rings. The van der Waals surface area contributed by atoms with Crippen molar-refractivity contribution in [2.45, 2.75) is 19.8 Å². The Labute approximate surface area is 88.5 Å². The highest BCUT2D eigenvalue weighted by Crippen LogP contribution is 2.12. The molecule has 0 saturated heterocycles. The number of nitrogens with zero attached hydrogens (tertiary/aromatic N) is 2. The summed E-state index contributed by atoms with van der Waals surface area (Å²) in [5.74, 6) is 0.00365. The zero-order chi connectivity index (χ0) is 11.3. The van der Waals surface area contributed by atoms with E-state index in [2.05, 4.69) is 15.5 Å². The van der Waals surface area contributed by atoms with Gasteiger partial charge in [-0.1, -0.05) is 13.8 Å². The van der Waals surface area contributed by atoms with Gasteiger partial charge in [0.1, 0.15) is 0 Å². The van der Waals surface area contributed by atoms with Crippen molar-refractivity contribution in [3.8, 4) is 0 Å². The van der Waals surface area contributed by atoms with E-state index in [4.69, 9.17) is 5.11 Å². The second kappa shape index (κ2) is 5.41. The number of rotatable bonds is 4. The Kier molecular flexibility index (Phi) is 4.17. The van der Waals surface area contributed by atoms with Crippen molar-refractivity contribution in [1.29, 1.82) is 0 Å². The van der Waals surface area contributed by atoms with Gasteiger partial charge in [-0.15, -0.1) is 5.10 Å². The number of nitrogens with one attached hydrogen (secondary N) is 1. The van der Waals surface area contributed by atoms with Gasteiger partial charge in [0.15, 0.2) is 5.69 Å². The van der Waals surface area contributed by atoms with Crippen molar-refractivity contribution in [2.24, 2.45) is 0 Å². The summed E-state index contributed by atoms with van der Waals surface area (Å²) in [6.07, 6.45) is 1.65. The summed E-state index contributed by atoms with van der Waals surface area (Å²) < 4.78 is 0. The molecule has 0 atom stereocenters. The average Bonchev–Trinajstić information content (AvgIpc) is 2.26. The number of hydrogen-bond acceptors (Lipinski definition) is 4. The highest BCUT2D eigenvalue weighted by Gasteiger charge is 2.09. The third kappa shape index (κ3) is 3.28. The third-order valence-electron chi connectivity index (χ3n) is 1.97. The summed E-state index contributed by atoms with van der Waals surface area (Å²) in [4.78, 5) is 11.5. The second-order valence-electron chi connectivity index (χ2n) is 3.51. The Morgan fingerprint density at radius 3 is 2.93 bits per heavy atom. The topological polar surface area (TPSA) is 75.1 Å². The summed E-state index contributed by atoms with van der Waals surface area (Å²) in [5, 5.41) is 18.6. The van der Waals surface area contributed by atoms with Crippen molar-refractivity contribution >= 4 is 5.91 Å². The number of aliphatic hydroxyl groups excluding tert-OH is 1. The van der Waals surface area contributed by atoms with Crippen LogP contribution in [0.25, 0.3) is 0 Å². The van der Waals surface area contributed by atoms with Gasteiger partial charge in [-0.2, -0.15) is 5.10 Å². The van der Waals surface area contributed by atoms with Gasteiger partial charge in [-0.25, -0.2) is 0 Å². The SMILES string of the molecule is CC(C)c1cnnc(C(=O)NCCO)c1. The fraction of sp³-hybridized carbons (Fsp3) is 0.500. The first-order chi connectivity index (χ1) is 7.15. The summed E-state index contributed by atoms with van der Waals surface area (Å²) in [6.45, 7) is 4.19. The van der Waals surface area contributed by atoms with Gasteiger partial charge in [0.05, 0.1) is 12.8 Å². The van der Waals surface area contributed by atoms with E-state index in [0.29, 0.717) is 5.92 Å². The summed E-state index contributed by atoms with van der Waals surface area (Å²) in [6, 6.07) is 1.71. The largest absolute Gasteiger partial charge is 0.395 e. The van der Waals surface area contributed by atoms with Crippen molar-refractivity contribution in [1.82, 2.24) is 15.5 Å². The zero-order valence-electron chi connectivity index (χ0n) is 8.90. The molecule has 0 aromatic carbocycles. The molecule has 2 N–H and O–H groups in total. The fourth-order valence-corrected chi connectivity index (χ4v) is 1.07. The standard InChI is InChI=1S/C10H15N3O2/c1-7(2)8-5-9(13-12-6-8)10(15)11-3-4-14/h5-7,14H,3-4H2,1-2H3,(H,11,15). The van der Waals surface area contributed by atoms with E-state index in [0.717, 1.165) is 5.56 Å². The quantitative estimate of drug-likeness (QED) is 0.749. The van der Waals surface area contributed by atoms with Crippen LogP contribution in [0, 0.1) is 0 Å². The lowest BCUT2D eigenvalue weighted by molar-refractivity contribution is 0.0938. The lowest BCUT2D eigenvalue weighted by atomic mass is 10.1. The molecule has 0 fully saturated rings. The van der Waals surface area contributed by atoms with Gasteiger partial charge in [-0.3, -0.25) is 4.79 Å². The lowest BCUT2D eigenvalue weighted by Crippen LogP contribution is -2.27. The number of aliphatic hydroxyl groups is 1. The third-order valence-corrected chi connectivity index (χ3v) is 1.97. The van der Waals surface area contributed by atoms with E-state index >= 15 is 0 Å². The molecule has 1 heterocycles. The first-order valence-electron chi connectivity index (χ1n) is 4.87. The highest BCUT2D eigenvalue weighted by molar-refractivity contribution is 5.92. The van der Waals surface area contributed by atoms with E-state index in [1.807, 2.05) is 13.8 Å². The van der Waals surface area contributed by atoms with Crippen LogP contribution in [0.2, 0.25) is 0 Å². The van der Waals surface area contributed by atoms with Gasteiger partial charge in [0.25, 0.3) is 5.91 Å². The van der Waals surface area contributed by atoms with Crippen LogP contribution in [0.4, 0.5) is 0 Å². The predicted octanol–water partition coefficient (Wildman–Crippen LogP) is 0.322. The van der Waals surface area contributed by atoms with Gasteiger partial charge in [-0.05, 0) is 17.5 Å². The van der Waals surface area contributed by atoms with Crippen LogP contribution in [-0.2, 0) is 0 Å². The van der Waals surface area contributed by atoms with Crippen molar-refractivity contribution in [2.75, 3.05) is 13.2 Å². The minimum Gasteiger partial charge on any atom is -0.395 e. The highest BCUT2D eigenvalue weighted by atomic mass is 16.3. The van der Waals surface area contributed by atoms with Gasteiger partial charge >= 0.3 is 0 Å². The Morgan fingerprint density at radius 2 is 2.33 bits per heavy atom. The minimum absolute atomic E-state index is 0.0803. The van der Waals surface area contributed by atoms with Crippen molar-refractivity contribution in [3.05, 3.63) is 23.5 Å². The normalized spacial score (nSPS) is 10.4. The lowest BCUT2D eigenvalue weighted by Gasteiger charge is -2.06. The van der Waals surface area contributed by atoms with Crippen LogP contribution in [0.1, 0.15) is 35.8 Å². The van der Waals surface area contributed by atoms with Crippen LogP contribution in [0.3, 0.4) is 0 Å². The molecule has 0 saturated carbocycles. The second-order valence-corrected chi connectivity index (χ2v) is 3.51. The Morgan fingerprint density at radius 1 is 1.60 bits per heavy atom. The zero-order valence-corrected chi connectivity index (χ0v) is 8.90. The number of amides is 1. The molecule has 1 rings (SSSR count). The Hall–Kier alpha value is -1.49. The molecule has 0 bridgehead atoms. The van der Waals surface area contributed by atoms with E-state index < -0.39 is 0 Å². The van der Waals surface area contributed by atoms with Crippen LogP contribution in [0.15, 0.2) is 12.3 Å². The first-order valence-corrected chi connectivity index (χ1v) is 4.87. The summed E-state index contributed by atoms with van der Waals surface area (Å²) >= 11 is 0. The van der Waals surface area contributed by atoms with Crippen LogP contribution in [-0.4, -0.2) is 34.4 Å². The maximum Gasteiger partial charge on any atom is 0.271 e. The van der Waals surface area contributed by atoms with E-state index in [1.165, 1.54) is 0 Å². The van der Waals surface area contributed by atoms with Crippen molar-refractivity contribution < 1.29 is 9.90 Å². The van der Waals surface area contributed by atoms with Crippen LogP contribution in [0.5, 0.6) is 0 Å². The molecule has 1 aromatic heterocycles. The van der Waals surface area contributed by atoms with E-state index in [1.54, 1.807) is 12.3 Å². The summed E-state index contributed by atoms with van der Waals surface area (Å²) in [5.41, 5.74) is 1.26. The average molecular weight is 209 g/mol. The molecule has 0 unspecified atom stereocenters. The molecular formula is C10H15N3O2. The van der Waals surface area contributed by atoms with Crippen LogP contribution < -0.4 is 5.32 Å². The molecule has 15 heavy (non-hydrogen) atoms. The monoisotopic (exact) mass is 209 g/mol. The molecule has 0 aliphatic rings. The molecule has 1 amide bonds. The summed E-state index contributed by atoms with van der Waals surface area (Å²) in [7, 11) is 0. The molecule has 5 nitrogen and oxygen atoms in total. The Balaban J connectivity index is 2.76. The van der Waals surface area contributed by atoms with Gasteiger partial charge in [0.2, 0.25) is 0 Å². The van der Waals surface area contributed by atoms with Gasteiger partial charge < -0.3 is 10.4 Å².